The Hall–Kier alpha value is -1.66. The van der Waals surface area contributed by atoms with E-state index in [2.05, 4.69) is 48.0 Å². The topological polar surface area (TPSA) is 48.5 Å². The number of benzene rings is 1. The zero-order chi connectivity index (χ0) is 20.4. The summed E-state index contributed by atoms with van der Waals surface area (Å²) in [6.07, 6.45) is 5.94. The van der Waals surface area contributed by atoms with Gasteiger partial charge in [0, 0.05) is 32.2 Å². The highest BCUT2D eigenvalue weighted by molar-refractivity contribution is 7.22. The van der Waals surface area contributed by atoms with Crippen molar-refractivity contribution in [2.75, 3.05) is 37.6 Å². The third-order valence-corrected chi connectivity index (χ3v) is 7.58. The van der Waals surface area contributed by atoms with E-state index in [0.29, 0.717) is 6.04 Å². The van der Waals surface area contributed by atoms with Gasteiger partial charge in [0.25, 0.3) is 0 Å². The zero-order valence-corrected chi connectivity index (χ0v) is 18.9. The Morgan fingerprint density at radius 3 is 2.90 bits per heavy atom. The number of fused-ring (bicyclic) bond motifs is 1. The van der Waals surface area contributed by atoms with Gasteiger partial charge in [-0.1, -0.05) is 23.8 Å². The lowest BCUT2D eigenvalue weighted by Gasteiger charge is -2.34. The molecule has 0 saturated carbocycles. The van der Waals surface area contributed by atoms with Crippen LogP contribution < -0.4 is 10.2 Å². The van der Waals surface area contributed by atoms with E-state index in [1.54, 1.807) is 11.3 Å². The molecule has 29 heavy (non-hydrogen) atoms. The Morgan fingerprint density at radius 1 is 1.21 bits per heavy atom. The molecule has 0 aliphatic carbocycles. The summed E-state index contributed by atoms with van der Waals surface area (Å²) < 4.78 is 1.25. The maximum atomic E-state index is 12.8. The van der Waals surface area contributed by atoms with E-state index in [-0.39, 0.29) is 11.8 Å². The molecule has 0 radical (unpaired) electrons. The average Bonchev–Trinajstić information content (AvgIpc) is 3.14. The predicted molar refractivity (Wildman–Crippen MR) is 122 cm³/mol. The number of hydrogen-bond acceptors (Lipinski definition) is 5. The number of nitrogens with zero attached hydrogens (tertiary/aromatic N) is 3. The predicted octanol–water partition coefficient (Wildman–Crippen LogP) is 4.12. The Bertz CT molecular complexity index is 864. The van der Waals surface area contributed by atoms with Crippen molar-refractivity contribution in [2.24, 2.45) is 5.92 Å². The fourth-order valence-corrected chi connectivity index (χ4v) is 5.99. The van der Waals surface area contributed by atoms with Gasteiger partial charge in [0.05, 0.1) is 16.1 Å². The SMILES string of the molecule is Cc1cc(C)c2nc(N3CCCC(C(=O)NCCN4CCCCC4C)C3)sc2c1. The highest BCUT2D eigenvalue weighted by Crippen LogP contribution is 2.33. The van der Waals surface area contributed by atoms with Crippen LogP contribution in [-0.4, -0.2) is 54.6 Å². The van der Waals surface area contributed by atoms with Crippen LogP contribution in [0.2, 0.25) is 0 Å². The van der Waals surface area contributed by atoms with Gasteiger partial charge in [0.15, 0.2) is 5.13 Å². The lowest BCUT2D eigenvalue weighted by molar-refractivity contribution is -0.125. The second-order valence-electron chi connectivity index (χ2n) is 8.88. The molecule has 0 bridgehead atoms. The van der Waals surface area contributed by atoms with E-state index in [4.69, 9.17) is 4.98 Å². The van der Waals surface area contributed by atoms with E-state index in [9.17, 15) is 4.79 Å². The highest BCUT2D eigenvalue weighted by atomic mass is 32.1. The number of carbonyl (C=O) groups excluding carboxylic acids is 1. The molecule has 158 valence electrons. The molecule has 3 heterocycles. The van der Waals surface area contributed by atoms with Gasteiger partial charge in [0.1, 0.15) is 0 Å². The van der Waals surface area contributed by atoms with Crippen LogP contribution in [0.25, 0.3) is 10.2 Å². The minimum atomic E-state index is 0.0670. The standard InChI is InChI=1S/C23H34N4OS/c1-16-13-17(2)21-20(14-16)29-23(25-21)27-11-6-8-19(15-27)22(28)24-9-12-26-10-5-4-7-18(26)3/h13-14,18-19H,4-12,15H2,1-3H3,(H,24,28). The van der Waals surface area contributed by atoms with Crippen LogP contribution in [-0.2, 0) is 4.79 Å². The number of piperidine rings is 2. The number of nitrogens with one attached hydrogen (secondary N) is 1. The summed E-state index contributed by atoms with van der Waals surface area (Å²) >= 11 is 1.76. The molecule has 2 aliphatic rings. The maximum absolute atomic E-state index is 12.8. The second-order valence-corrected chi connectivity index (χ2v) is 9.89. The van der Waals surface area contributed by atoms with Crippen LogP contribution in [0.5, 0.6) is 0 Å². The number of hydrogen-bond donors (Lipinski definition) is 1. The summed E-state index contributed by atoms with van der Waals surface area (Å²) in [6, 6.07) is 5.07. The molecule has 6 heteroatoms. The number of likely N-dealkylation sites (tertiary alicyclic amines) is 1. The third-order valence-electron chi connectivity index (χ3n) is 6.52. The van der Waals surface area contributed by atoms with Gasteiger partial charge in [-0.15, -0.1) is 0 Å². The minimum absolute atomic E-state index is 0.0670. The van der Waals surface area contributed by atoms with Gasteiger partial charge in [-0.25, -0.2) is 4.98 Å². The zero-order valence-electron chi connectivity index (χ0n) is 18.0. The van der Waals surface area contributed by atoms with E-state index in [1.807, 2.05) is 0 Å². The molecule has 1 amide bonds. The number of rotatable bonds is 5. The fourth-order valence-electron chi connectivity index (χ4n) is 4.82. The van der Waals surface area contributed by atoms with Crippen LogP contribution in [0.1, 0.15) is 50.2 Å². The molecule has 5 nitrogen and oxygen atoms in total. The molecule has 4 rings (SSSR count). The summed E-state index contributed by atoms with van der Waals surface area (Å²) in [4.78, 5) is 22.5. The van der Waals surface area contributed by atoms with Crippen LogP contribution in [0.15, 0.2) is 12.1 Å². The summed E-state index contributed by atoms with van der Waals surface area (Å²) in [6.45, 7) is 11.3. The van der Waals surface area contributed by atoms with Crippen molar-refractivity contribution in [1.29, 1.82) is 0 Å². The van der Waals surface area contributed by atoms with E-state index in [1.165, 1.54) is 41.6 Å². The van der Waals surface area contributed by atoms with Crippen molar-refractivity contribution in [3.63, 3.8) is 0 Å². The number of anilines is 1. The van der Waals surface area contributed by atoms with Gasteiger partial charge >= 0.3 is 0 Å². The average molecular weight is 415 g/mol. The number of carbonyl (C=O) groups is 1. The molecule has 1 N–H and O–H groups in total. The van der Waals surface area contributed by atoms with Crippen molar-refractivity contribution in [3.05, 3.63) is 23.3 Å². The minimum Gasteiger partial charge on any atom is -0.355 e. The van der Waals surface area contributed by atoms with Gasteiger partial charge in [-0.05, 0) is 70.2 Å². The molecule has 2 unspecified atom stereocenters. The lowest BCUT2D eigenvalue weighted by Crippen LogP contribution is -2.46. The molecule has 1 aromatic heterocycles. The molecule has 2 aromatic rings. The number of aromatic nitrogens is 1. The van der Waals surface area contributed by atoms with Gasteiger partial charge in [0.2, 0.25) is 5.91 Å². The normalized spacial score (nSPS) is 23.5. The number of aryl methyl sites for hydroxylation is 2. The van der Waals surface area contributed by atoms with Crippen LogP contribution in [0.3, 0.4) is 0 Å². The van der Waals surface area contributed by atoms with Crippen molar-refractivity contribution in [3.8, 4) is 0 Å². The molecule has 2 saturated heterocycles. The highest BCUT2D eigenvalue weighted by Gasteiger charge is 2.28. The third kappa shape index (κ3) is 4.75. The van der Waals surface area contributed by atoms with Crippen molar-refractivity contribution in [1.82, 2.24) is 15.2 Å². The molecular formula is C23H34N4OS. The van der Waals surface area contributed by atoms with Gasteiger partial charge in [-0.2, -0.15) is 0 Å². The first-order valence-corrected chi connectivity index (χ1v) is 12.0. The van der Waals surface area contributed by atoms with Crippen LogP contribution in [0.4, 0.5) is 5.13 Å². The molecule has 1 aromatic carbocycles. The summed E-state index contributed by atoms with van der Waals surface area (Å²) in [5, 5.41) is 4.27. The molecular weight excluding hydrogens is 380 g/mol. The van der Waals surface area contributed by atoms with E-state index < -0.39 is 0 Å². The Morgan fingerprint density at radius 2 is 2.07 bits per heavy atom. The van der Waals surface area contributed by atoms with Gasteiger partial charge in [-0.3, -0.25) is 9.69 Å². The largest absolute Gasteiger partial charge is 0.355 e. The second kappa shape index (κ2) is 9.00. The van der Waals surface area contributed by atoms with Crippen LogP contribution in [0, 0.1) is 19.8 Å². The molecule has 2 fully saturated rings. The first-order chi connectivity index (χ1) is 14.0. The first kappa shape index (κ1) is 20.6. The van der Waals surface area contributed by atoms with Gasteiger partial charge < -0.3 is 10.2 Å². The van der Waals surface area contributed by atoms with E-state index >= 15 is 0 Å². The quantitative estimate of drug-likeness (QED) is 0.800. The summed E-state index contributed by atoms with van der Waals surface area (Å²) in [5.74, 6) is 0.282. The molecule has 2 atom stereocenters. The first-order valence-electron chi connectivity index (χ1n) is 11.2. The fraction of sp³-hybridized carbons (Fsp3) is 0.652. The molecule has 0 spiro atoms. The van der Waals surface area contributed by atoms with Crippen LogP contribution >= 0.6 is 11.3 Å². The Kier molecular flexibility index (Phi) is 6.40. The Labute approximate surface area is 178 Å². The number of thiazole rings is 1. The Balaban J connectivity index is 1.34. The summed E-state index contributed by atoms with van der Waals surface area (Å²) in [5.41, 5.74) is 3.63. The lowest BCUT2D eigenvalue weighted by atomic mass is 9.97. The van der Waals surface area contributed by atoms with Crippen molar-refractivity contribution in [2.45, 2.75) is 58.9 Å². The summed E-state index contributed by atoms with van der Waals surface area (Å²) in [7, 11) is 0. The maximum Gasteiger partial charge on any atom is 0.224 e. The monoisotopic (exact) mass is 414 g/mol. The number of amides is 1. The van der Waals surface area contributed by atoms with E-state index in [0.717, 1.165) is 49.7 Å². The smallest absolute Gasteiger partial charge is 0.224 e. The van der Waals surface area contributed by atoms with Crippen molar-refractivity contribution < 1.29 is 4.79 Å². The molecule has 2 aliphatic heterocycles. The van der Waals surface area contributed by atoms with Crippen molar-refractivity contribution >= 4 is 32.6 Å².